The number of hydrogen-bond acceptors (Lipinski definition) is 3. The Labute approximate surface area is 138 Å². The van der Waals surface area contributed by atoms with E-state index in [0.29, 0.717) is 19.6 Å². The van der Waals surface area contributed by atoms with Crippen LogP contribution in [0.15, 0.2) is 23.5 Å². The first kappa shape index (κ1) is 17.2. The van der Waals surface area contributed by atoms with E-state index in [4.69, 9.17) is 0 Å². The smallest absolute Gasteiger partial charge is 0.223 e. The zero-order valence-corrected chi connectivity index (χ0v) is 14.1. The number of rotatable bonds is 8. The van der Waals surface area contributed by atoms with Crippen LogP contribution in [0.1, 0.15) is 30.9 Å². The number of aryl methyl sites for hydroxylation is 1. The number of aromatic nitrogens is 1. The molecule has 1 aromatic heterocycles. The first-order valence-electron chi connectivity index (χ1n) is 8.40. The maximum absolute atomic E-state index is 11.5. The molecule has 0 saturated heterocycles. The summed E-state index contributed by atoms with van der Waals surface area (Å²) in [6.07, 6.45) is 6.67. The van der Waals surface area contributed by atoms with E-state index in [0.717, 1.165) is 31.8 Å². The monoisotopic (exact) mass is 317 g/mol. The highest BCUT2D eigenvalue weighted by Gasteiger charge is 2.28. The molecule has 0 radical (unpaired) electrons. The topological polar surface area (TPSA) is 78.4 Å². The van der Waals surface area contributed by atoms with Crippen LogP contribution in [0.4, 0.5) is 0 Å². The Morgan fingerprint density at radius 1 is 1.30 bits per heavy atom. The van der Waals surface area contributed by atoms with Crippen LogP contribution >= 0.6 is 0 Å². The van der Waals surface area contributed by atoms with Crippen LogP contribution in [0.2, 0.25) is 0 Å². The summed E-state index contributed by atoms with van der Waals surface area (Å²) in [4.78, 5) is 20.2. The minimum Gasteiger partial charge on any atom is -0.357 e. The highest BCUT2D eigenvalue weighted by atomic mass is 16.2. The van der Waals surface area contributed by atoms with E-state index < -0.39 is 0 Å². The highest BCUT2D eigenvalue weighted by molar-refractivity contribution is 5.81. The van der Waals surface area contributed by atoms with E-state index in [9.17, 15) is 4.79 Å². The van der Waals surface area contributed by atoms with Gasteiger partial charge in [-0.1, -0.05) is 0 Å². The number of hydrogen-bond donors (Lipinski definition) is 3. The third-order valence-corrected chi connectivity index (χ3v) is 3.80. The molecule has 2 rings (SSSR count). The Hall–Kier alpha value is -2.11. The Balaban J connectivity index is 1.71. The number of carbonyl (C=O) groups excluding carboxylic acids is 1. The second-order valence-corrected chi connectivity index (χ2v) is 5.80. The lowest BCUT2D eigenvalue weighted by atomic mass is 10.1. The molecule has 1 fully saturated rings. The number of carbonyl (C=O) groups is 1. The third-order valence-electron chi connectivity index (χ3n) is 3.80. The molecular weight excluding hydrogens is 290 g/mol. The number of pyridine rings is 1. The van der Waals surface area contributed by atoms with E-state index in [1.807, 2.05) is 25.4 Å². The molecule has 6 nitrogen and oxygen atoms in total. The Morgan fingerprint density at radius 2 is 2.09 bits per heavy atom. The summed E-state index contributed by atoms with van der Waals surface area (Å²) in [7, 11) is 0. The summed E-state index contributed by atoms with van der Waals surface area (Å²) < 4.78 is 0. The number of aliphatic imine (C=N–C) groups is 1. The van der Waals surface area contributed by atoms with Crippen molar-refractivity contribution in [1.29, 1.82) is 0 Å². The molecular formula is C17H27N5O. The standard InChI is InChI=1S/C17H27N5O/c1-3-19-17(22-11-10-20-16(23)15-4-5-15)21-9-7-14-6-8-18-12-13(14)2/h6,8,12,15H,3-5,7,9-11H2,1-2H3,(H,20,23)(H2,19,21,22). The molecule has 1 aliphatic rings. The second-order valence-electron chi connectivity index (χ2n) is 5.80. The molecule has 3 N–H and O–H groups in total. The fraction of sp³-hybridized carbons (Fsp3) is 0.588. The van der Waals surface area contributed by atoms with Gasteiger partial charge in [0.1, 0.15) is 0 Å². The van der Waals surface area contributed by atoms with E-state index in [1.54, 1.807) is 0 Å². The summed E-state index contributed by atoms with van der Waals surface area (Å²) in [5, 5.41) is 9.41. The van der Waals surface area contributed by atoms with Crippen molar-refractivity contribution in [3.8, 4) is 0 Å². The van der Waals surface area contributed by atoms with Gasteiger partial charge < -0.3 is 16.0 Å². The predicted octanol–water partition coefficient (Wildman–Crippen LogP) is 1.01. The average molecular weight is 317 g/mol. The van der Waals surface area contributed by atoms with Crippen LogP contribution in [0.25, 0.3) is 0 Å². The largest absolute Gasteiger partial charge is 0.357 e. The van der Waals surface area contributed by atoms with Crippen LogP contribution in [-0.4, -0.2) is 43.0 Å². The number of nitrogens with zero attached hydrogens (tertiary/aromatic N) is 2. The van der Waals surface area contributed by atoms with Gasteiger partial charge >= 0.3 is 0 Å². The van der Waals surface area contributed by atoms with Gasteiger partial charge in [-0.25, -0.2) is 0 Å². The average Bonchev–Trinajstić information content (AvgIpc) is 3.38. The molecule has 0 spiro atoms. The molecule has 0 atom stereocenters. The summed E-state index contributed by atoms with van der Waals surface area (Å²) in [6.45, 7) is 6.95. The number of guanidine groups is 1. The third kappa shape index (κ3) is 6.26. The van der Waals surface area contributed by atoms with Gasteiger partial charge in [0.25, 0.3) is 0 Å². The van der Waals surface area contributed by atoms with Crippen molar-refractivity contribution < 1.29 is 4.79 Å². The van der Waals surface area contributed by atoms with Crippen molar-refractivity contribution in [3.05, 3.63) is 29.6 Å². The fourth-order valence-corrected chi connectivity index (χ4v) is 2.27. The van der Waals surface area contributed by atoms with Crippen molar-refractivity contribution in [2.24, 2.45) is 10.9 Å². The summed E-state index contributed by atoms with van der Waals surface area (Å²) in [5.41, 5.74) is 2.47. The van der Waals surface area contributed by atoms with Crippen molar-refractivity contribution >= 4 is 11.9 Å². The Kier molecular flexibility index (Phi) is 6.84. The molecule has 1 heterocycles. The normalized spacial score (nSPS) is 14.4. The van der Waals surface area contributed by atoms with Crippen LogP contribution in [0.5, 0.6) is 0 Å². The van der Waals surface area contributed by atoms with E-state index in [2.05, 4.69) is 32.9 Å². The Morgan fingerprint density at radius 3 is 2.78 bits per heavy atom. The molecule has 0 aliphatic heterocycles. The van der Waals surface area contributed by atoms with Crippen molar-refractivity contribution in [1.82, 2.24) is 20.9 Å². The molecule has 1 saturated carbocycles. The molecule has 0 bridgehead atoms. The molecule has 0 unspecified atom stereocenters. The molecule has 6 heteroatoms. The van der Waals surface area contributed by atoms with Crippen LogP contribution in [-0.2, 0) is 11.2 Å². The van der Waals surface area contributed by atoms with Gasteiger partial charge in [-0.05, 0) is 50.3 Å². The van der Waals surface area contributed by atoms with Crippen LogP contribution in [0.3, 0.4) is 0 Å². The quantitative estimate of drug-likeness (QED) is 0.380. The number of nitrogens with one attached hydrogen (secondary N) is 3. The number of amides is 1. The maximum atomic E-state index is 11.5. The Bertz CT molecular complexity index is 540. The summed E-state index contributed by atoms with van der Waals surface area (Å²) in [6, 6.07) is 2.04. The minimum atomic E-state index is 0.182. The maximum Gasteiger partial charge on any atom is 0.223 e. The van der Waals surface area contributed by atoms with Gasteiger partial charge in [-0.2, -0.15) is 0 Å². The van der Waals surface area contributed by atoms with Crippen LogP contribution in [0, 0.1) is 12.8 Å². The zero-order valence-electron chi connectivity index (χ0n) is 14.1. The zero-order chi connectivity index (χ0) is 16.5. The summed E-state index contributed by atoms with van der Waals surface area (Å²) in [5.74, 6) is 1.24. The molecule has 126 valence electrons. The van der Waals surface area contributed by atoms with Gasteiger partial charge in [0.05, 0.1) is 0 Å². The highest BCUT2D eigenvalue weighted by Crippen LogP contribution is 2.28. The molecule has 1 amide bonds. The van der Waals surface area contributed by atoms with E-state index in [-0.39, 0.29) is 11.8 Å². The lowest BCUT2D eigenvalue weighted by molar-refractivity contribution is -0.122. The molecule has 0 aromatic carbocycles. The summed E-state index contributed by atoms with van der Waals surface area (Å²) >= 11 is 0. The van der Waals surface area contributed by atoms with E-state index in [1.165, 1.54) is 11.1 Å². The van der Waals surface area contributed by atoms with Crippen LogP contribution < -0.4 is 16.0 Å². The van der Waals surface area contributed by atoms with E-state index >= 15 is 0 Å². The molecule has 1 aliphatic carbocycles. The predicted molar refractivity (Wildman–Crippen MR) is 92.4 cm³/mol. The van der Waals surface area contributed by atoms with Crippen molar-refractivity contribution in [2.75, 3.05) is 26.2 Å². The first-order chi connectivity index (χ1) is 11.2. The van der Waals surface area contributed by atoms with Gasteiger partial charge in [0.15, 0.2) is 5.96 Å². The lowest BCUT2D eigenvalue weighted by Gasteiger charge is -2.12. The molecule has 23 heavy (non-hydrogen) atoms. The van der Waals surface area contributed by atoms with Gasteiger partial charge in [0.2, 0.25) is 5.91 Å². The molecule has 1 aromatic rings. The fourth-order valence-electron chi connectivity index (χ4n) is 2.27. The lowest BCUT2D eigenvalue weighted by Crippen LogP contribution is -2.41. The first-order valence-corrected chi connectivity index (χ1v) is 8.40. The minimum absolute atomic E-state index is 0.182. The van der Waals surface area contributed by atoms with Gasteiger partial charge in [0, 0.05) is 44.5 Å². The van der Waals surface area contributed by atoms with Crippen molar-refractivity contribution in [3.63, 3.8) is 0 Å². The SMILES string of the molecule is CCNC(=NCCc1ccncc1C)NCCNC(=O)C1CC1. The van der Waals surface area contributed by atoms with Gasteiger partial charge in [-0.3, -0.25) is 14.8 Å². The van der Waals surface area contributed by atoms with Crippen molar-refractivity contribution in [2.45, 2.75) is 33.1 Å². The second kappa shape index (κ2) is 9.12. The van der Waals surface area contributed by atoms with Gasteiger partial charge in [-0.15, -0.1) is 0 Å².